The zero-order valence-electron chi connectivity index (χ0n) is 14.6. The van der Waals surface area contributed by atoms with Gasteiger partial charge in [-0.05, 0) is 66.3 Å². The van der Waals surface area contributed by atoms with Gasteiger partial charge >= 0.3 is 0 Å². The molecule has 2 nitrogen and oxygen atoms in total. The van der Waals surface area contributed by atoms with Crippen LogP contribution in [0.25, 0.3) is 0 Å². The second kappa shape index (κ2) is 7.04. The van der Waals surface area contributed by atoms with Crippen molar-refractivity contribution in [3.05, 3.63) is 59.2 Å². The van der Waals surface area contributed by atoms with E-state index in [2.05, 4.69) is 62.8 Å². The standard InChI is InChI=1S/C20H28N2/c1-15(2)19-12-17(8-10-22-19)7-6-9-20(4,5)18-11-16(3)13-21-14-18/h8,10-15H,6-7,9H2,1-5H3. The molecule has 2 aromatic rings. The van der Waals surface area contributed by atoms with Crippen LogP contribution in [0.1, 0.15) is 68.8 Å². The molecule has 2 heterocycles. The predicted octanol–water partition coefficient (Wildman–Crippen LogP) is 5.21. The fraction of sp³-hybridized carbons (Fsp3) is 0.500. The maximum atomic E-state index is 4.44. The summed E-state index contributed by atoms with van der Waals surface area (Å²) in [6, 6.07) is 6.66. The SMILES string of the molecule is Cc1cncc(C(C)(C)CCCc2ccnc(C(C)C)c2)c1. The summed E-state index contributed by atoms with van der Waals surface area (Å²) in [5.41, 5.74) is 5.34. The Morgan fingerprint density at radius 2 is 1.91 bits per heavy atom. The van der Waals surface area contributed by atoms with Gasteiger partial charge in [-0.1, -0.05) is 33.8 Å². The lowest BCUT2D eigenvalue weighted by Gasteiger charge is -2.25. The van der Waals surface area contributed by atoms with E-state index in [1.54, 1.807) is 0 Å². The average Bonchev–Trinajstić information content (AvgIpc) is 2.47. The van der Waals surface area contributed by atoms with Crippen molar-refractivity contribution in [2.45, 2.75) is 65.2 Å². The van der Waals surface area contributed by atoms with Crippen LogP contribution in [0.2, 0.25) is 0 Å². The van der Waals surface area contributed by atoms with Crippen LogP contribution in [-0.4, -0.2) is 9.97 Å². The summed E-state index contributed by atoms with van der Waals surface area (Å²) in [5, 5.41) is 0. The van der Waals surface area contributed by atoms with Gasteiger partial charge < -0.3 is 0 Å². The van der Waals surface area contributed by atoms with Crippen LogP contribution in [0.3, 0.4) is 0 Å². The van der Waals surface area contributed by atoms with E-state index in [0.717, 1.165) is 12.8 Å². The van der Waals surface area contributed by atoms with Gasteiger partial charge in [-0.25, -0.2) is 0 Å². The number of pyridine rings is 2. The molecule has 0 aliphatic carbocycles. The molecular formula is C20H28N2. The third kappa shape index (κ3) is 4.40. The van der Waals surface area contributed by atoms with Crippen molar-refractivity contribution in [3.8, 4) is 0 Å². The number of aryl methyl sites for hydroxylation is 2. The Labute approximate surface area is 135 Å². The molecule has 2 aromatic heterocycles. The van der Waals surface area contributed by atoms with Gasteiger partial charge in [-0.2, -0.15) is 0 Å². The van der Waals surface area contributed by atoms with E-state index in [0.29, 0.717) is 5.92 Å². The van der Waals surface area contributed by atoms with Crippen LogP contribution < -0.4 is 0 Å². The topological polar surface area (TPSA) is 25.8 Å². The Hall–Kier alpha value is -1.70. The first-order valence-corrected chi connectivity index (χ1v) is 8.25. The molecule has 0 amide bonds. The number of aromatic nitrogens is 2. The largest absolute Gasteiger partial charge is 0.264 e. The minimum Gasteiger partial charge on any atom is -0.264 e. The highest BCUT2D eigenvalue weighted by molar-refractivity contribution is 5.24. The highest BCUT2D eigenvalue weighted by atomic mass is 14.7. The summed E-state index contributed by atoms with van der Waals surface area (Å²) in [7, 11) is 0. The van der Waals surface area contributed by atoms with E-state index >= 15 is 0 Å². The van der Waals surface area contributed by atoms with Gasteiger partial charge in [-0.15, -0.1) is 0 Å². The van der Waals surface area contributed by atoms with Crippen molar-refractivity contribution in [2.75, 3.05) is 0 Å². The number of hydrogen-bond acceptors (Lipinski definition) is 2. The summed E-state index contributed by atoms with van der Waals surface area (Å²) in [6.45, 7) is 11.1. The van der Waals surface area contributed by atoms with Crippen molar-refractivity contribution >= 4 is 0 Å². The molecule has 0 radical (unpaired) electrons. The lowest BCUT2D eigenvalue weighted by molar-refractivity contribution is 0.459. The molecule has 0 N–H and O–H groups in total. The first kappa shape index (κ1) is 16.7. The van der Waals surface area contributed by atoms with Gasteiger partial charge in [0, 0.05) is 24.3 Å². The van der Waals surface area contributed by atoms with E-state index < -0.39 is 0 Å². The van der Waals surface area contributed by atoms with Gasteiger partial charge in [0.25, 0.3) is 0 Å². The highest BCUT2D eigenvalue weighted by Crippen LogP contribution is 2.29. The molecule has 0 saturated carbocycles. The number of nitrogens with zero attached hydrogens (tertiary/aromatic N) is 2. The lowest BCUT2D eigenvalue weighted by atomic mass is 9.80. The summed E-state index contributed by atoms with van der Waals surface area (Å²) in [5.74, 6) is 0.495. The average molecular weight is 296 g/mol. The molecule has 0 spiro atoms. The number of hydrogen-bond donors (Lipinski definition) is 0. The smallest absolute Gasteiger partial charge is 0.0431 e. The Balaban J connectivity index is 1.96. The maximum Gasteiger partial charge on any atom is 0.0431 e. The monoisotopic (exact) mass is 296 g/mol. The van der Waals surface area contributed by atoms with Gasteiger partial charge in [0.05, 0.1) is 0 Å². The fourth-order valence-electron chi connectivity index (χ4n) is 2.77. The summed E-state index contributed by atoms with van der Waals surface area (Å²) < 4.78 is 0. The molecule has 0 atom stereocenters. The fourth-order valence-corrected chi connectivity index (χ4v) is 2.77. The molecular weight excluding hydrogens is 268 g/mol. The first-order valence-electron chi connectivity index (χ1n) is 8.25. The van der Waals surface area contributed by atoms with Crippen molar-refractivity contribution in [1.29, 1.82) is 0 Å². The van der Waals surface area contributed by atoms with E-state index in [-0.39, 0.29) is 5.41 Å². The molecule has 118 valence electrons. The second-order valence-electron chi connectivity index (χ2n) is 7.23. The van der Waals surface area contributed by atoms with E-state index in [1.807, 2.05) is 18.6 Å². The summed E-state index contributed by atoms with van der Waals surface area (Å²) >= 11 is 0. The first-order chi connectivity index (χ1) is 10.4. The number of rotatable bonds is 6. The second-order valence-corrected chi connectivity index (χ2v) is 7.23. The summed E-state index contributed by atoms with van der Waals surface area (Å²) in [6.07, 6.45) is 9.34. The molecule has 2 heteroatoms. The van der Waals surface area contributed by atoms with Crippen LogP contribution in [-0.2, 0) is 11.8 Å². The minimum atomic E-state index is 0.174. The summed E-state index contributed by atoms with van der Waals surface area (Å²) in [4.78, 5) is 8.78. The van der Waals surface area contributed by atoms with E-state index in [1.165, 1.54) is 28.8 Å². The van der Waals surface area contributed by atoms with Crippen LogP contribution >= 0.6 is 0 Å². The van der Waals surface area contributed by atoms with Crippen molar-refractivity contribution in [2.24, 2.45) is 0 Å². The van der Waals surface area contributed by atoms with Crippen LogP contribution in [0.4, 0.5) is 0 Å². The van der Waals surface area contributed by atoms with Gasteiger partial charge in [0.2, 0.25) is 0 Å². The van der Waals surface area contributed by atoms with Gasteiger partial charge in [0.1, 0.15) is 0 Å². The molecule has 0 aromatic carbocycles. The Morgan fingerprint density at radius 1 is 1.14 bits per heavy atom. The van der Waals surface area contributed by atoms with Gasteiger partial charge in [-0.3, -0.25) is 9.97 Å². The quantitative estimate of drug-likeness (QED) is 0.731. The van der Waals surface area contributed by atoms with Crippen molar-refractivity contribution < 1.29 is 0 Å². The maximum absolute atomic E-state index is 4.44. The predicted molar refractivity (Wildman–Crippen MR) is 93.3 cm³/mol. The Kier molecular flexibility index (Phi) is 5.33. The normalized spacial score (nSPS) is 11.9. The third-order valence-electron chi connectivity index (χ3n) is 4.36. The van der Waals surface area contributed by atoms with Crippen molar-refractivity contribution in [1.82, 2.24) is 9.97 Å². The van der Waals surface area contributed by atoms with Gasteiger partial charge in [0.15, 0.2) is 0 Å². The van der Waals surface area contributed by atoms with E-state index in [4.69, 9.17) is 0 Å². The molecule has 0 saturated heterocycles. The zero-order valence-corrected chi connectivity index (χ0v) is 14.6. The van der Waals surface area contributed by atoms with Crippen molar-refractivity contribution in [3.63, 3.8) is 0 Å². The zero-order chi connectivity index (χ0) is 16.2. The Bertz CT molecular complexity index is 615. The van der Waals surface area contributed by atoms with E-state index in [9.17, 15) is 0 Å². The Morgan fingerprint density at radius 3 is 2.59 bits per heavy atom. The molecule has 0 aliphatic heterocycles. The molecule has 22 heavy (non-hydrogen) atoms. The highest BCUT2D eigenvalue weighted by Gasteiger charge is 2.20. The minimum absolute atomic E-state index is 0.174. The third-order valence-corrected chi connectivity index (χ3v) is 4.36. The van der Waals surface area contributed by atoms with Crippen LogP contribution in [0.15, 0.2) is 36.8 Å². The molecule has 0 aliphatic rings. The van der Waals surface area contributed by atoms with Crippen LogP contribution in [0.5, 0.6) is 0 Å². The lowest BCUT2D eigenvalue weighted by Crippen LogP contribution is -2.17. The molecule has 2 rings (SSSR count). The molecule has 0 bridgehead atoms. The molecule has 0 fully saturated rings. The van der Waals surface area contributed by atoms with Crippen LogP contribution in [0, 0.1) is 6.92 Å². The molecule has 0 unspecified atom stereocenters.